The highest BCUT2D eigenvalue weighted by Crippen LogP contribution is 2.14. The summed E-state index contributed by atoms with van der Waals surface area (Å²) in [4.78, 5) is 8.36. The van der Waals surface area contributed by atoms with Crippen LogP contribution in [0, 0.1) is 12.7 Å². The molecule has 5 nitrogen and oxygen atoms in total. The fourth-order valence-electron chi connectivity index (χ4n) is 2.72. The standard InChI is InChI=1S/C20H22FN5.HI/c1-15-11-16(7-8-18(15)21)12-24-20(22-2)25-13-17-5-3-4-6-19(17)26-10-9-23-14-26;/h3-11,14H,12-13H2,1-2H3,(H2,22,24,25);1H. The summed E-state index contributed by atoms with van der Waals surface area (Å²) < 4.78 is 15.3. The van der Waals surface area contributed by atoms with Crippen LogP contribution < -0.4 is 10.6 Å². The molecule has 2 aromatic carbocycles. The lowest BCUT2D eigenvalue weighted by atomic mass is 10.1. The molecule has 2 N–H and O–H groups in total. The Labute approximate surface area is 175 Å². The number of halogens is 2. The number of hydrogen-bond donors (Lipinski definition) is 2. The van der Waals surface area contributed by atoms with Crippen LogP contribution in [0.25, 0.3) is 5.69 Å². The number of imidazole rings is 1. The number of aromatic nitrogens is 2. The summed E-state index contributed by atoms with van der Waals surface area (Å²) in [6, 6.07) is 13.2. The van der Waals surface area contributed by atoms with E-state index in [4.69, 9.17) is 0 Å². The van der Waals surface area contributed by atoms with E-state index in [9.17, 15) is 4.39 Å². The van der Waals surface area contributed by atoms with E-state index < -0.39 is 0 Å². The van der Waals surface area contributed by atoms with Crippen LogP contribution in [0.2, 0.25) is 0 Å². The molecule has 27 heavy (non-hydrogen) atoms. The first-order chi connectivity index (χ1) is 12.7. The normalized spacial score (nSPS) is 11.0. The van der Waals surface area contributed by atoms with Crippen LogP contribution in [0.5, 0.6) is 0 Å². The third kappa shape index (κ3) is 5.53. The van der Waals surface area contributed by atoms with E-state index >= 15 is 0 Å². The summed E-state index contributed by atoms with van der Waals surface area (Å²) in [5.41, 5.74) is 3.85. The van der Waals surface area contributed by atoms with Crippen molar-refractivity contribution < 1.29 is 4.39 Å². The molecule has 0 bridgehead atoms. The first kappa shape index (κ1) is 20.9. The number of hydrogen-bond acceptors (Lipinski definition) is 2. The van der Waals surface area contributed by atoms with Gasteiger partial charge in [0.1, 0.15) is 5.82 Å². The van der Waals surface area contributed by atoms with Crippen LogP contribution in [-0.4, -0.2) is 22.6 Å². The lowest BCUT2D eigenvalue weighted by Crippen LogP contribution is -2.36. The van der Waals surface area contributed by atoms with Gasteiger partial charge < -0.3 is 15.2 Å². The maximum absolute atomic E-state index is 13.4. The molecule has 0 unspecified atom stereocenters. The van der Waals surface area contributed by atoms with Gasteiger partial charge in [-0.2, -0.15) is 0 Å². The molecule has 142 valence electrons. The van der Waals surface area contributed by atoms with E-state index in [-0.39, 0.29) is 29.8 Å². The van der Waals surface area contributed by atoms with Gasteiger partial charge in [0.25, 0.3) is 0 Å². The van der Waals surface area contributed by atoms with Gasteiger partial charge in [-0.3, -0.25) is 4.99 Å². The van der Waals surface area contributed by atoms with Gasteiger partial charge in [0.2, 0.25) is 0 Å². The van der Waals surface area contributed by atoms with Gasteiger partial charge in [-0.15, -0.1) is 24.0 Å². The van der Waals surface area contributed by atoms with Gasteiger partial charge in [-0.05, 0) is 35.7 Å². The van der Waals surface area contributed by atoms with E-state index in [1.165, 1.54) is 6.07 Å². The molecule has 0 atom stereocenters. The quantitative estimate of drug-likeness (QED) is 0.333. The molecule has 0 amide bonds. The van der Waals surface area contributed by atoms with E-state index in [0.29, 0.717) is 24.6 Å². The second-order valence-electron chi connectivity index (χ2n) is 5.96. The van der Waals surface area contributed by atoms with Crippen molar-refractivity contribution in [3.8, 4) is 5.69 Å². The molecule has 0 saturated carbocycles. The van der Waals surface area contributed by atoms with Crippen LogP contribution in [0.15, 0.2) is 66.2 Å². The number of nitrogens with zero attached hydrogens (tertiary/aromatic N) is 3. The molecule has 0 aliphatic rings. The van der Waals surface area contributed by atoms with Gasteiger partial charge >= 0.3 is 0 Å². The van der Waals surface area contributed by atoms with Crippen LogP contribution in [0.1, 0.15) is 16.7 Å². The van der Waals surface area contributed by atoms with Crippen molar-refractivity contribution in [2.24, 2.45) is 4.99 Å². The smallest absolute Gasteiger partial charge is 0.191 e. The Kier molecular flexibility index (Phi) is 7.78. The maximum atomic E-state index is 13.4. The third-order valence-corrected chi connectivity index (χ3v) is 4.13. The van der Waals surface area contributed by atoms with Crippen molar-refractivity contribution in [2.75, 3.05) is 7.05 Å². The zero-order valence-corrected chi connectivity index (χ0v) is 17.6. The molecule has 1 heterocycles. The minimum atomic E-state index is -0.188. The molecule has 3 aromatic rings. The maximum Gasteiger partial charge on any atom is 0.191 e. The van der Waals surface area contributed by atoms with Crippen molar-refractivity contribution in [3.05, 3.63) is 83.7 Å². The second-order valence-corrected chi connectivity index (χ2v) is 5.96. The molecule has 0 spiro atoms. The largest absolute Gasteiger partial charge is 0.352 e. The van der Waals surface area contributed by atoms with Gasteiger partial charge in [-0.25, -0.2) is 9.37 Å². The summed E-state index contributed by atoms with van der Waals surface area (Å²) in [5.74, 6) is 0.500. The highest BCUT2D eigenvalue weighted by atomic mass is 127. The Morgan fingerprint density at radius 3 is 2.63 bits per heavy atom. The number of guanidine groups is 1. The number of aliphatic imine (C=N–C) groups is 1. The highest BCUT2D eigenvalue weighted by Gasteiger charge is 2.05. The number of para-hydroxylation sites is 1. The number of aryl methyl sites for hydroxylation is 1. The van der Waals surface area contributed by atoms with Gasteiger partial charge in [-0.1, -0.05) is 30.3 Å². The SMILES string of the molecule is CN=C(NCc1ccc(F)c(C)c1)NCc1ccccc1-n1ccnc1.I. The second kappa shape index (κ2) is 10.1. The van der Waals surface area contributed by atoms with E-state index in [2.05, 4.69) is 32.7 Å². The molecule has 0 aliphatic carbocycles. The van der Waals surface area contributed by atoms with Gasteiger partial charge in [0.15, 0.2) is 5.96 Å². The summed E-state index contributed by atoms with van der Waals surface area (Å²) in [6.07, 6.45) is 5.46. The summed E-state index contributed by atoms with van der Waals surface area (Å²) in [7, 11) is 1.73. The first-order valence-electron chi connectivity index (χ1n) is 8.43. The third-order valence-electron chi connectivity index (χ3n) is 4.13. The minimum absolute atomic E-state index is 0. The fraction of sp³-hybridized carbons (Fsp3) is 0.200. The minimum Gasteiger partial charge on any atom is -0.352 e. The Balaban J connectivity index is 0.00000261. The number of nitrogens with one attached hydrogen (secondary N) is 2. The fourth-order valence-corrected chi connectivity index (χ4v) is 2.72. The predicted molar refractivity (Wildman–Crippen MR) is 117 cm³/mol. The topological polar surface area (TPSA) is 54.2 Å². The summed E-state index contributed by atoms with van der Waals surface area (Å²) in [6.45, 7) is 2.96. The predicted octanol–water partition coefficient (Wildman–Crippen LogP) is 3.80. The molecular weight excluding hydrogens is 456 g/mol. The molecule has 0 fully saturated rings. The molecular formula is C20H23FIN5. The summed E-state index contributed by atoms with van der Waals surface area (Å²) >= 11 is 0. The average Bonchev–Trinajstić information content (AvgIpc) is 3.19. The van der Waals surface area contributed by atoms with E-state index in [1.807, 2.05) is 29.0 Å². The Morgan fingerprint density at radius 1 is 1.15 bits per heavy atom. The monoisotopic (exact) mass is 479 g/mol. The molecule has 0 saturated heterocycles. The number of rotatable bonds is 5. The van der Waals surface area contributed by atoms with Crippen molar-refractivity contribution in [3.63, 3.8) is 0 Å². The van der Waals surface area contributed by atoms with Gasteiger partial charge in [0, 0.05) is 32.5 Å². The molecule has 0 aliphatic heterocycles. The Hall–Kier alpha value is -2.42. The van der Waals surface area contributed by atoms with Crippen molar-refractivity contribution in [2.45, 2.75) is 20.0 Å². The zero-order valence-electron chi connectivity index (χ0n) is 15.3. The first-order valence-corrected chi connectivity index (χ1v) is 8.43. The molecule has 3 rings (SSSR count). The Bertz CT molecular complexity index is 893. The average molecular weight is 479 g/mol. The van der Waals surface area contributed by atoms with E-state index in [1.54, 1.807) is 32.6 Å². The lowest BCUT2D eigenvalue weighted by molar-refractivity contribution is 0.617. The molecule has 7 heteroatoms. The molecule has 1 aromatic heterocycles. The summed E-state index contributed by atoms with van der Waals surface area (Å²) in [5, 5.41) is 6.57. The van der Waals surface area contributed by atoms with Crippen molar-refractivity contribution >= 4 is 29.9 Å². The van der Waals surface area contributed by atoms with Crippen LogP contribution in [-0.2, 0) is 13.1 Å². The van der Waals surface area contributed by atoms with Crippen LogP contribution in [0.3, 0.4) is 0 Å². The van der Waals surface area contributed by atoms with E-state index in [0.717, 1.165) is 16.8 Å². The van der Waals surface area contributed by atoms with Crippen LogP contribution in [0.4, 0.5) is 4.39 Å². The highest BCUT2D eigenvalue weighted by molar-refractivity contribution is 14.0. The molecule has 0 radical (unpaired) electrons. The Morgan fingerprint density at radius 2 is 1.93 bits per heavy atom. The zero-order chi connectivity index (χ0) is 18.4. The van der Waals surface area contributed by atoms with Crippen LogP contribution >= 0.6 is 24.0 Å². The number of benzene rings is 2. The lowest BCUT2D eigenvalue weighted by Gasteiger charge is -2.15. The van der Waals surface area contributed by atoms with Gasteiger partial charge in [0.05, 0.1) is 12.0 Å². The van der Waals surface area contributed by atoms with Crippen molar-refractivity contribution in [1.29, 1.82) is 0 Å². The van der Waals surface area contributed by atoms with Crippen molar-refractivity contribution in [1.82, 2.24) is 20.2 Å².